The fraction of sp³-hybridized carbons (Fsp3) is 0.316. The van der Waals surface area contributed by atoms with Crippen LogP contribution in [0, 0.1) is 0 Å². The summed E-state index contributed by atoms with van der Waals surface area (Å²) in [4.78, 5) is 10.9. The van der Waals surface area contributed by atoms with Crippen LogP contribution in [0.15, 0.2) is 48.5 Å². The molecule has 1 fully saturated rings. The molecule has 0 aromatic heterocycles. The quantitative estimate of drug-likeness (QED) is 0.767. The van der Waals surface area contributed by atoms with E-state index in [-0.39, 0.29) is 12.2 Å². The number of benzene rings is 2. The smallest absolute Gasteiger partial charge is 0.335 e. The number of aliphatic hydroxyl groups is 2. The number of carboxylic acid groups (broad SMARTS) is 1. The SMILES string of the molecule is O=C(O)c1ccc(-c2ccc(OCC3OCCC(O)C3O)cc2)cc1. The molecule has 1 aliphatic rings. The minimum absolute atomic E-state index is 0.158. The van der Waals surface area contributed by atoms with Crippen LogP contribution in [0.4, 0.5) is 0 Å². The molecule has 0 amide bonds. The zero-order valence-corrected chi connectivity index (χ0v) is 13.5. The van der Waals surface area contributed by atoms with E-state index in [1.54, 1.807) is 36.4 Å². The summed E-state index contributed by atoms with van der Waals surface area (Å²) in [5.41, 5.74) is 2.09. The molecule has 3 rings (SSSR count). The fourth-order valence-electron chi connectivity index (χ4n) is 2.73. The number of ether oxygens (including phenoxy) is 2. The first-order valence-corrected chi connectivity index (χ1v) is 8.09. The van der Waals surface area contributed by atoms with Crippen molar-refractivity contribution >= 4 is 5.97 Å². The Balaban J connectivity index is 1.61. The molecule has 0 aliphatic carbocycles. The van der Waals surface area contributed by atoms with Crippen molar-refractivity contribution in [1.29, 1.82) is 0 Å². The van der Waals surface area contributed by atoms with Gasteiger partial charge in [-0.05, 0) is 41.8 Å². The van der Waals surface area contributed by atoms with E-state index < -0.39 is 24.3 Å². The van der Waals surface area contributed by atoms with Crippen LogP contribution in [0.25, 0.3) is 11.1 Å². The van der Waals surface area contributed by atoms with Crippen molar-refractivity contribution in [3.63, 3.8) is 0 Å². The topological polar surface area (TPSA) is 96.2 Å². The normalized spacial score (nSPS) is 23.2. The van der Waals surface area contributed by atoms with Gasteiger partial charge in [0.1, 0.15) is 24.6 Å². The molecule has 1 heterocycles. The van der Waals surface area contributed by atoms with E-state index in [9.17, 15) is 15.0 Å². The van der Waals surface area contributed by atoms with Crippen LogP contribution < -0.4 is 4.74 Å². The molecule has 1 saturated heterocycles. The summed E-state index contributed by atoms with van der Waals surface area (Å²) in [5, 5.41) is 28.4. The lowest BCUT2D eigenvalue weighted by Gasteiger charge is -2.31. The third-order valence-electron chi connectivity index (χ3n) is 4.25. The van der Waals surface area contributed by atoms with E-state index in [1.807, 2.05) is 12.1 Å². The first-order chi connectivity index (χ1) is 12.0. The molecule has 6 nitrogen and oxygen atoms in total. The minimum Gasteiger partial charge on any atom is -0.491 e. The molecule has 25 heavy (non-hydrogen) atoms. The highest BCUT2D eigenvalue weighted by Gasteiger charge is 2.31. The van der Waals surface area contributed by atoms with Gasteiger partial charge >= 0.3 is 5.97 Å². The second-order valence-electron chi connectivity index (χ2n) is 5.97. The van der Waals surface area contributed by atoms with Gasteiger partial charge in [-0.2, -0.15) is 0 Å². The van der Waals surface area contributed by atoms with Gasteiger partial charge in [0.25, 0.3) is 0 Å². The number of hydrogen-bond acceptors (Lipinski definition) is 5. The zero-order chi connectivity index (χ0) is 17.8. The number of carboxylic acids is 1. The number of hydrogen-bond donors (Lipinski definition) is 3. The third-order valence-corrected chi connectivity index (χ3v) is 4.25. The van der Waals surface area contributed by atoms with Gasteiger partial charge < -0.3 is 24.8 Å². The molecule has 132 valence electrons. The molecule has 1 aliphatic heterocycles. The maximum absolute atomic E-state index is 10.9. The van der Waals surface area contributed by atoms with Gasteiger partial charge in [-0.15, -0.1) is 0 Å². The summed E-state index contributed by atoms with van der Waals surface area (Å²) < 4.78 is 11.1. The molecular weight excluding hydrogens is 324 g/mol. The van der Waals surface area contributed by atoms with Crippen molar-refractivity contribution in [3.05, 3.63) is 54.1 Å². The molecule has 6 heteroatoms. The van der Waals surface area contributed by atoms with Gasteiger partial charge in [-0.3, -0.25) is 0 Å². The lowest BCUT2D eigenvalue weighted by molar-refractivity contribution is -0.144. The molecule has 0 saturated carbocycles. The van der Waals surface area contributed by atoms with E-state index >= 15 is 0 Å². The van der Waals surface area contributed by atoms with Crippen LogP contribution in [0.1, 0.15) is 16.8 Å². The Labute approximate surface area is 145 Å². The van der Waals surface area contributed by atoms with Crippen LogP contribution in [0.5, 0.6) is 5.75 Å². The fourth-order valence-corrected chi connectivity index (χ4v) is 2.73. The predicted octanol–water partition coefficient (Wildman–Crippen LogP) is 1.94. The maximum Gasteiger partial charge on any atom is 0.335 e. The highest BCUT2D eigenvalue weighted by atomic mass is 16.5. The Kier molecular flexibility index (Phi) is 5.33. The second kappa shape index (κ2) is 7.65. The van der Waals surface area contributed by atoms with E-state index in [4.69, 9.17) is 14.6 Å². The highest BCUT2D eigenvalue weighted by molar-refractivity contribution is 5.88. The maximum atomic E-state index is 10.9. The van der Waals surface area contributed by atoms with Crippen molar-refractivity contribution in [2.75, 3.05) is 13.2 Å². The van der Waals surface area contributed by atoms with Crippen LogP contribution in [-0.2, 0) is 4.74 Å². The van der Waals surface area contributed by atoms with Crippen LogP contribution in [0.3, 0.4) is 0 Å². The second-order valence-corrected chi connectivity index (χ2v) is 5.97. The Morgan fingerprint density at radius 1 is 1.04 bits per heavy atom. The molecule has 3 unspecified atom stereocenters. The Morgan fingerprint density at radius 3 is 2.24 bits per heavy atom. The van der Waals surface area contributed by atoms with E-state index in [0.29, 0.717) is 18.8 Å². The Bertz CT molecular complexity index is 710. The Hall–Kier alpha value is -2.41. The van der Waals surface area contributed by atoms with Crippen LogP contribution in [-0.4, -0.2) is 52.8 Å². The largest absolute Gasteiger partial charge is 0.491 e. The summed E-state index contributed by atoms with van der Waals surface area (Å²) in [6.07, 6.45) is -1.85. The first kappa shape index (κ1) is 17.4. The number of carbonyl (C=O) groups is 1. The molecule has 0 radical (unpaired) electrons. The zero-order valence-electron chi connectivity index (χ0n) is 13.5. The van der Waals surface area contributed by atoms with Crippen LogP contribution >= 0.6 is 0 Å². The van der Waals surface area contributed by atoms with Gasteiger partial charge in [0.15, 0.2) is 0 Å². The Morgan fingerprint density at radius 2 is 1.64 bits per heavy atom. The molecule has 0 spiro atoms. The highest BCUT2D eigenvalue weighted by Crippen LogP contribution is 2.24. The number of aliphatic hydroxyl groups excluding tert-OH is 2. The monoisotopic (exact) mass is 344 g/mol. The van der Waals surface area contributed by atoms with Gasteiger partial charge in [0, 0.05) is 6.61 Å². The van der Waals surface area contributed by atoms with E-state index in [0.717, 1.165) is 11.1 Å². The predicted molar refractivity (Wildman–Crippen MR) is 90.7 cm³/mol. The summed E-state index contributed by atoms with van der Waals surface area (Å²) in [7, 11) is 0. The van der Waals surface area contributed by atoms with Crippen molar-refractivity contribution in [2.24, 2.45) is 0 Å². The van der Waals surface area contributed by atoms with E-state index in [2.05, 4.69) is 0 Å². The minimum atomic E-state index is -0.951. The average molecular weight is 344 g/mol. The van der Waals surface area contributed by atoms with Gasteiger partial charge in [0.2, 0.25) is 0 Å². The van der Waals surface area contributed by atoms with Crippen molar-refractivity contribution < 1.29 is 29.6 Å². The molecule has 2 aromatic carbocycles. The standard InChI is InChI=1S/C19H20O6/c20-16-9-10-24-17(18(16)21)11-25-15-7-5-13(6-8-15)12-1-3-14(4-2-12)19(22)23/h1-8,16-18,20-21H,9-11H2,(H,22,23). The molecular formula is C19H20O6. The summed E-state index contributed by atoms with van der Waals surface area (Å²) in [6.45, 7) is 0.558. The van der Waals surface area contributed by atoms with Gasteiger partial charge in [-0.25, -0.2) is 4.79 Å². The summed E-state index contributed by atoms with van der Waals surface area (Å²) >= 11 is 0. The lowest BCUT2D eigenvalue weighted by Crippen LogP contribution is -2.47. The number of aromatic carboxylic acids is 1. The third kappa shape index (κ3) is 4.17. The number of rotatable bonds is 5. The average Bonchev–Trinajstić information content (AvgIpc) is 2.63. The first-order valence-electron chi connectivity index (χ1n) is 8.09. The summed E-state index contributed by atoms with van der Waals surface area (Å²) in [6, 6.07) is 14.0. The van der Waals surface area contributed by atoms with Crippen molar-refractivity contribution in [3.8, 4) is 16.9 Å². The van der Waals surface area contributed by atoms with Crippen molar-refractivity contribution in [1.82, 2.24) is 0 Å². The molecule has 2 aromatic rings. The van der Waals surface area contributed by atoms with Crippen LogP contribution in [0.2, 0.25) is 0 Å². The lowest BCUT2D eigenvalue weighted by atomic mass is 10.0. The molecule has 3 N–H and O–H groups in total. The summed E-state index contributed by atoms with van der Waals surface area (Å²) in [5.74, 6) is -0.325. The molecule has 3 atom stereocenters. The molecule has 0 bridgehead atoms. The van der Waals surface area contributed by atoms with Gasteiger partial charge in [0.05, 0.1) is 11.7 Å². The van der Waals surface area contributed by atoms with Gasteiger partial charge in [-0.1, -0.05) is 24.3 Å². The van der Waals surface area contributed by atoms with Crippen molar-refractivity contribution in [2.45, 2.75) is 24.7 Å². The van der Waals surface area contributed by atoms with E-state index in [1.165, 1.54) is 0 Å².